The Labute approximate surface area is 115 Å². The van der Waals surface area contributed by atoms with Gasteiger partial charge in [0.2, 0.25) is 0 Å². The van der Waals surface area contributed by atoms with Crippen LogP contribution in [0.3, 0.4) is 0 Å². The highest BCUT2D eigenvalue weighted by Crippen LogP contribution is 2.25. The maximum absolute atomic E-state index is 5.57. The van der Waals surface area contributed by atoms with E-state index in [1.54, 1.807) is 0 Å². The van der Waals surface area contributed by atoms with E-state index >= 15 is 0 Å². The first kappa shape index (κ1) is 13.1. The summed E-state index contributed by atoms with van der Waals surface area (Å²) in [6.07, 6.45) is 6.78. The summed E-state index contributed by atoms with van der Waals surface area (Å²) in [5.74, 6) is 0. The minimum Gasteiger partial charge on any atom is -0.336 e. The Morgan fingerprint density at radius 2 is 2.32 bits per heavy atom. The summed E-state index contributed by atoms with van der Waals surface area (Å²) < 4.78 is 2.09. The Bertz CT molecular complexity index is 416. The van der Waals surface area contributed by atoms with Crippen molar-refractivity contribution < 1.29 is 0 Å². The zero-order valence-electron chi connectivity index (χ0n) is 11.8. The quantitative estimate of drug-likeness (QED) is 0.860. The van der Waals surface area contributed by atoms with Crippen molar-refractivity contribution in [2.45, 2.75) is 44.9 Å². The van der Waals surface area contributed by atoms with E-state index in [-0.39, 0.29) is 0 Å². The summed E-state index contributed by atoms with van der Waals surface area (Å²) in [4.78, 5) is 9.75. The molecule has 2 fully saturated rings. The molecule has 3 rings (SSSR count). The Morgan fingerprint density at radius 3 is 3.16 bits per heavy atom. The second-order valence-electron chi connectivity index (χ2n) is 5.96. The van der Waals surface area contributed by atoms with E-state index < -0.39 is 0 Å². The van der Waals surface area contributed by atoms with Gasteiger partial charge in [0.25, 0.3) is 0 Å². The van der Waals surface area contributed by atoms with Gasteiger partial charge in [-0.15, -0.1) is 0 Å². The highest BCUT2D eigenvalue weighted by Gasteiger charge is 2.34. The van der Waals surface area contributed by atoms with Crippen LogP contribution in [0, 0.1) is 0 Å². The molecule has 0 aliphatic carbocycles. The minimum atomic E-state index is 0.633. The highest BCUT2D eigenvalue weighted by molar-refractivity contribution is 4.99. The third-order valence-corrected chi connectivity index (χ3v) is 4.51. The van der Waals surface area contributed by atoms with Gasteiger partial charge in [-0.3, -0.25) is 9.80 Å². The third-order valence-electron chi connectivity index (χ3n) is 4.51. The van der Waals surface area contributed by atoms with Crippen LogP contribution in [-0.4, -0.2) is 57.6 Å². The molecule has 2 unspecified atom stereocenters. The number of nitrogens with zero attached hydrogens (tertiary/aromatic N) is 4. The lowest BCUT2D eigenvalue weighted by atomic mass is 10.1. The van der Waals surface area contributed by atoms with Gasteiger partial charge in [0.1, 0.15) is 0 Å². The lowest BCUT2D eigenvalue weighted by molar-refractivity contribution is 0.0532. The zero-order valence-corrected chi connectivity index (χ0v) is 11.8. The van der Waals surface area contributed by atoms with E-state index in [9.17, 15) is 0 Å². The standard InChI is InChI=1S/C14H25N5/c1-12-7-18-5-2-3-14(18)10-19(12)9-13-8-17(6-4-15)11-16-13/h8,11-12,14H,2-7,9-10,15H2,1H3. The fourth-order valence-electron chi connectivity index (χ4n) is 3.44. The predicted octanol–water partition coefficient (Wildman–Crippen LogP) is 0.510. The van der Waals surface area contributed by atoms with Gasteiger partial charge < -0.3 is 10.3 Å². The molecule has 1 aromatic heterocycles. The molecule has 0 radical (unpaired) electrons. The van der Waals surface area contributed by atoms with Crippen molar-refractivity contribution in [3.05, 3.63) is 18.2 Å². The van der Waals surface area contributed by atoms with Crippen LogP contribution in [0.1, 0.15) is 25.5 Å². The van der Waals surface area contributed by atoms with Crippen LogP contribution in [0.5, 0.6) is 0 Å². The van der Waals surface area contributed by atoms with Crippen molar-refractivity contribution >= 4 is 0 Å². The number of hydrogen-bond acceptors (Lipinski definition) is 4. The molecular weight excluding hydrogens is 238 g/mol. The molecule has 2 N–H and O–H groups in total. The van der Waals surface area contributed by atoms with Gasteiger partial charge in [-0.1, -0.05) is 0 Å². The Balaban J connectivity index is 1.61. The first-order chi connectivity index (χ1) is 9.26. The lowest BCUT2D eigenvalue weighted by Gasteiger charge is -2.42. The zero-order chi connectivity index (χ0) is 13.2. The molecule has 2 aliphatic rings. The summed E-state index contributed by atoms with van der Waals surface area (Å²) in [5, 5.41) is 0. The van der Waals surface area contributed by atoms with Gasteiger partial charge in [-0.25, -0.2) is 4.98 Å². The molecule has 19 heavy (non-hydrogen) atoms. The molecule has 2 atom stereocenters. The molecule has 5 nitrogen and oxygen atoms in total. The van der Waals surface area contributed by atoms with Gasteiger partial charge in [0.15, 0.2) is 0 Å². The molecule has 0 spiro atoms. The van der Waals surface area contributed by atoms with Crippen LogP contribution < -0.4 is 5.73 Å². The van der Waals surface area contributed by atoms with E-state index in [0.717, 1.165) is 19.1 Å². The molecule has 3 heterocycles. The van der Waals surface area contributed by atoms with Gasteiger partial charge in [0.05, 0.1) is 12.0 Å². The van der Waals surface area contributed by atoms with Gasteiger partial charge >= 0.3 is 0 Å². The van der Waals surface area contributed by atoms with Gasteiger partial charge in [0, 0.05) is 51.0 Å². The fraction of sp³-hybridized carbons (Fsp3) is 0.786. The molecular formula is C14H25N5. The molecule has 106 valence electrons. The van der Waals surface area contributed by atoms with Crippen LogP contribution in [0.15, 0.2) is 12.5 Å². The summed E-state index contributed by atoms with van der Waals surface area (Å²) in [5.41, 5.74) is 6.74. The molecule has 0 amide bonds. The summed E-state index contributed by atoms with van der Waals surface area (Å²) in [7, 11) is 0. The normalized spacial score (nSPS) is 28.7. The molecule has 5 heteroatoms. The number of rotatable bonds is 4. The molecule has 1 aromatic rings. The maximum atomic E-state index is 5.57. The maximum Gasteiger partial charge on any atom is 0.0950 e. The van der Waals surface area contributed by atoms with Gasteiger partial charge in [-0.05, 0) is 26.3 Å². The Morgan fingerprint density at radius 1 is 1.42 bits per heavy atom. The van der Waals surface area contributed by atoms with Crippen LogP contribution in [0.4, 0.5) is 0 Å². The first-order valence-corrected chi connectivity index (χ1v) is 7.45. The molecule has 2 aliphatic heterocycles. The first-order valence-electron chi connectivity index (χ1n) is 7.45. The SMILES string of the molecule is CC1CN2CCCC2CN1Cc1cn(CCN)cn1. The van der Waals surface area contributed by atoms with Crippen molar-refractivity contribution in [1.82, 2.24) is 19.4 Å². The van der Waals surface area contributed by atoms with E-state index in [4.69, 9.17) is 5.73 Å². The topological polar surface area (TPSA) is 50.3 Å². The average Bonchev–Trinajstić information content (AvgIpc) is 2.99. The molecule has 0 bridgehead atoms. The van der Waals surface area contributed by atoms with Crippen LogP contribution in [0.25, 0.3) is 0 Å². The van der Waals surface area contributed by atoms with Crippen molar-refractivity contribution in [2.24, 2.45) is 5.73 Å². The number of piperazine rings is 1. The van der Waals surface area contributed by atoms with Crippen molar-refractivity contribution in [1.29, 1.82) is 0 Å². The number of nitrogens with two attached hydrogens (primary N) is 1. The van der Waals surface area contributed by atoms with Crippen LogP contribution in [-0.2, 0) is 13.1 Å². The second-order valence-corrected chi connectivity index (χ2v) is 5.96. The monoisotopic (exact) mass is 263 g/mol. The van der Waals surface area contributed by atoms with Crippen molar-refractivity contribution in [3.63, 3.8) is 0 Å². The van der Waals surface area contributed by atoms with E-state index in [0.29, 0.717) is 12.6 Å². The summed E-state index contributed by atoms with van der Waals surface area (Å²) in [6, 6.07) is 1.41. The molecule has 0 aromatic carbocycles. The second kappa shape index (κ2) is 5.61. The minimum absolute atomic E-state index is 0.633. The third kappa shape index (κ3) is 2.83. The van der Waals surface area contributed by atoms with E-state index in [1.807, 2.05) is 6.33 Å². The smallest absolute Gasteiger partial charge is 0.0950 e. The largest absolute Gasteiger partial charge is 0.336 e. The van der Waals surface area contributed by atoms with E-state index in [2.05, 4.69) is 32.5 Å². The lowest BCUT2D eigenvalue weighted by Crippen LogP contribution is -2.54. The van der Waals surface area contributed by atoms with Crippen molar-refractivity contribution in [2.75, 3.05) is 26.2 Å². The summed E-state index contributed by atoms with van der Waals surface area (Å²) in [6.45, 7) is 8.56. The molecule has 0 saturated carbocycles. The number of hydrogen-bond donors (Lipinski definition) is 1. The average molecular weight is 263 g/mol. The van der Waals surface area contributed by atoms with E-state index in [1.165, 1.54) is 38.2 Å². The van der Waals surface area contributed by atoms with Crippen LogP contribution >= 0.6 is 0 Å². The molecule has 2 saturated heterocycles. The Hall–Kier alpha value is -0.910. The highest BCUT2D eigenvalue weighted by atomic mass is 15.3. The van der Waals surface area contributed by atoms with Gasteiger partial charge in [-0.2, -0.15) is 0 Å². The fourth-order valence-corrected chi connectivity index (χ4v) is 3.44. The summed E-state index contributed by atoms with van der Waals surface area (Å²) >= 11 is 0. The number of aromatic nitrogens is 2. The predicted molar refractivity (Wildman–Crippen MR) is 75.7 cm³/mol. The number of imidazole rings is 1. The van der Waals surface area contributed by atoms with Crippen LogP contribution in [0.2, 0.25) is 0 Å². The number of fused-ring (bicyclic) bond motifs is 1. The van der Waals surface area contributed by atoms with Crippen molar-refractivity contribution in [3.8, 4) is 0 Å². The Kier molecular flexibility index (Phi) is 3.86.